The highest BCUT2D eigenvalue weighted by Gasteiger charge is 1.91. The largest absolute Gasteiger partial charge is 0.299 e. The van der Waals surface area contributed by atoms with E-state index in [1.807, 2.05) is 6.08 Å². The molecular weight excluding hydrogens is 112 g/mol. The first-order valence-electron chi connectivity index (χ1n) is 3.43. The van der Waals surface area contributed by atoms with E-state index in [-0.39, 0.29) is 0 Å². The minimum absolute atomic E-state index is 0.556. The van der Waals surface area contributed by atoms with Gasteiger partial charge in [0.25, 0.3) is 0 Å². The van der Waals surface area contributed by atoms with E-state index in [0.29, 0.717) is 5.92 Å². The summed E-state index contributed by atoms with van der Waals surface area (Å²) in [6, 6.07) is 0. The van der Waals surface area contributed by atoms with Crippen molar-refractivity contribution in [1.29, 1.82) is 0 Å². The molecule has 0 fully saturated rings. The van der Waals surface area contributed by atoms with Crippen LogP contribution in [0.5, 0.6) is 0 Å². The molecule has 0 aliphatic rings. The molecule has 9 heavy (non-hydrogen) atoms. The first-order valence-corrected chi connectivity index (χ1v) is 3.43. The Bertz CT molecular complexity index is 94.7. The van der Waals surface area contributed by atoms with Gasteiger partial charge in [-0.2, -0.15) is 0 Å². The van der Waals surface area contributed by atoms with Gasteiger partial charge < -0.3 is 0 Å². The summed E-state index contributed by atoms with van der Waals surface area (Å²) in [5.41, 5.74) is 0. The molecule has 0 bridgehead atoms. The molecule has 1 atom stereocenters. The predicted molar refractivity (Wildman–Crippen MR) is 39.3 cm³/mol. The van der Waals surface area contributed by atoms with E-state index in [9.17, 15) is 4.79 Å². The summed E-state index contributed by atoms with van der Waals surface area (Å²) in [5, 5.41) is 0. The third-order valence-electron chi connectivity index (χ3n) is 1.26. The van der Waals surface area contributed by atoms with Gasteiger partial charge in [0, 0.05) is 0 Å². The minimum atomic E-state index is 0.556. The molecule has 52 valence electrons. The van der Waals surface area contributed by atoms with Crippen LogP contribution in [0.15, 0.2) is 12.2 Å². The standard InChI is InChI=1S/C8H14O/c1-3-5-8(2)6-4-7-9/h4,6-8H,3,5H2,1-2H3/b6-4+. The smallest absolute Gasteiger partial charge is 0.142 e. The van der Waals surface area contributed by atoms with Crippen LogP contribution in [0.25, 0.3) is 0 Å². The van der Waals surface area contributed by atoms with Crippen LogP contribution in [0.2, 0.25) is 0 Å². The van der Waals surface area contributed by atoms with Crippen molar-refractivity contribution in [2.45, 2.75) is 26.7 Å². The molecule has 0 rings (SSSR count). The van der Waals surface area contributed by atoms with Gasteiger partial charge in [-0.3, -0.25) is 4.79 Å². The van der Waals surface area contributed by atoms with Crippen molar-refractivity contribution in [1.82, 2.24) is 0 Å². The molecule has 0 spiro atoms. The highest BCUT2D eigenvalue weighted by Crippen LogP contribution is 2.04. The van der Waals surface area contributed by atoms with Gasteiger partial charge in [0.15, 0.2) is 0 Å². The molecule has 1 heteroatoms. The maximum absolute atomic E-state index is 9.83. The number of rotatable bonds is 4. The van der Waals surface area contributed by atoms with Crippen molar-refractivity contribution >= 4 is 6.29 Å². The molecule has 0 radical (unpaired) electrons. The Morgan fingerprint density at radius 3 is 2.67 bits per heavy atom. The summed E-state index contributed by atoms with van der Waals surface area (Å²) < 4.78 is 0. The fourth-order valence-corrected chi connectivity index (χ4v) is 0.787. The second kappa shape index (κ2) is 5.54. The molecule has 0 aromatic rings. The van der Waals surface area contributed by atoms with Gasteiger partial charge in [0.2, 0.25) is 0 Å². The summed E-state index contributed by atoms with van der Waals surface area (Å²) in [4.78, 5) is 9.83. The second-order valence-electron chi connectivity index (χ2n) is 2.29. The summed E-state index contributed by atoms with van der Waals surface area (Å²) in [5.74, 6) is 0.556. The number of carbonyl (C=O) groups excluding carboxylic acids is 1. The van der Waals surface area contributed by atoms with Gasteiger partial charge in [-0.15, -0.1) is 0 Å². The Kier molecular flexibility index (Phi) is 5.18. The molecule has 0 heterocycles. The van der Waals surface area contributed by atoms with E-state index < -0.39 is 0 Å². The van der Waals surface area contributed by atoms with Crippen LogP contribution in [0, 0.1) is 5.92 Å². The van der Waals surface area contributed by atoms with Gasteiger partial charge >= 0.3 is 0 Å². The number of hydrogen-bond donors (Lipinski definition) is 0. The summed E-state index contributed by atoms with van der Waals surface area (Å²) in [6.45, 7) is 4.26. The topological polar surface area (TPSA) is 17.1 Å². The number of aldehydes is 1. The lowest BCUT2D eigenvalue weighted by molar-refractivity contribution is -0.104. The van der Waals surface area contributed by atoms with Crippen LogP contribution < -0.4 is 0 Å². The van der Waals surface area contributed by atoms with Crippen LogP contribution in [-0.4, -0.2) is 6.29 Å². The maximum Gasteiger partial charge on any atom is 0.142 e. The molecular formula is C8H14O. The predicted octanol–water partition coefficient (Wildman–Crippen LogP) is 2.18. The van der Waals surface area contributed by atoms with E-state index in [2.05, 4.69) is 13.8 Å². The number of carbonyl (C=O) groups is 1. The Morgan fingerprint density at radius 1 is 1.56 bits per heavy atom. The van der Waals surface area contributed by atoms with Crippen LogP contribution in [0.3, 0.4) is 0 Å². The maximum atomic E-state index is 9.83. The molecule has 0 aromatic heterocycles. The zero-order valence-electron chi connectivity index (χ0n) is 6.13. The van der Waals surface area contributed by atoms with E-state index >= 15 is 0 Å². The molecule has 0 aliphatic heterocycles. The average Bonchev–Trinajstić information content (AvgIpc) is 1.85. The van der Waals surface area contributed by atoms with Crippen LogP contribution >= 0.6 is 0 Å². The van der Waals surface area contributed by atoms with Gasteiger partial charge in [-0.1, -0.05) is 26.3 Å². The van der Waals surface area contributed by atoms with E-state index in [1.165, 1.54) is 12.8 Å². The number of hydrogen-bond acceptors (Lipinski definition) is 1. The lowest BCUT2D eigenvalue weighted by Gasteiger charge is -1.99. The Labute approximate surface area is 56.8 Å². The van der Waals surface area contributed by atoms with Crippen molar-refractivity contribution in [3.05, 3.63) is 12.2 Å². The zero-order valence-corrected chi connectivity index (χ0v) is 6.13. The van der Waals surface area contributed by atoms with Crippen molar-refractivity contribution in [2.75, 3.05) is 0 Å². The average molecular weight is 126 g/mol. The van der Waals surface area contributed by atoms with Gasteiger partial charge in [-0.25, -0.2) is 0 Å². The van der Waals surface area contributed by atoms with Crippen molar-refractivity contribution in [3.63, 3.8) is 0 Å². The molecule has 0 saturated carbocycles. The molecule has 0 N–H and O–H groups in total. The quantitative estimate of drug-likeness (QED) is 0.417. The Morgan fingerprint density at radius 2 is 2.22 bits per heavy atom. The Hall–Kier alpha value is -0.590. The normalized spacial score (nSPS) is 14.0. The third kappa shape index (κ3) is 5.28. The summed E-state index contributed by atoms with van der Waals surface area (Å²) in [6.07, 6.45) is 6.69. The number of allylic oxidation sites excluding steroid dienone is 2. The van der Waals surface area contributed by atoms with Gasteiger partial charge in [0.05, 0.1) is 0 Å². The van der Waals surface area contributed by atoms with Crippen LogP contribution in [-0.2, 0) is 4.79 Å². The molecule has 1 unspecified atom stereocenters. The van der Waals surface area contributed by atoms with Gasteiger partial charge in [-0.05, 0) is 18.4 Å². The SMILES string of the molecule is CCCC(C)/C=C/C=O. The molecule has 0 saturated heterocycles. The highest BCUT2D eigenvalue weighted by molar-refractivity contribution is 5.64. The summed E-state index contributed by atoms with van der Waals surface area (Å²) in [7, 11) is 0. The monoisotopic (exact) mass is 126 g/mol. The van der Waals surface area contributed by atoms with Crippen molar-refractivity contribution in [2.24, 2.45) is 5.92 Å². The minimum Gasteiger partial charge on any atom is -0.299 e. The first kappa shape index (κ1) is 8.41. The summed E-state index contributed by atoms with van der Waals surface area (Å²) >= 11 is 0. The first-order chi connectivity index (χ1) is 4.31. The molecule has 1 nitrogen and oxygen atoms in total. The van der Waals surface area contributed by atoms with Crippen LogP contribution in [0.4, 0.5) is 0 Å². The molecule has 0 aromatic carbocycles. The van der Waals surface area contributed by atoms with E-state index in [1.54, 1.807) is 6.08 Å². The van der Waals surface area contributed by atoms with Crippen molar-refractivity contribution < 1.29 is 4.79 Å². The lowest BCUT2D eigenvalue weighted by Crippen LogP contribution is -1.86. The van der Waals surface area contributed by atoms with Crippen molar-refractivity contribution in [3.8, 4) is 0 Å². The zero-order chi connectivity index (χ0) is 7.11. The van der Waals surface area contributed by atoms with E-state index in [4.69, 9.17) is 0 Å². The van der Waals surface area contributed by atoms with E-state index in [0.717, 1.165) is 6.29 Å². The second-order valence-corrected chi connectivity index (χ2v) is 2.29. The fourth-order valence-electron chi connectivity index (χ4n) is 0.787. The fraction of sp³-hybridized carbons (Fsp3) is 0.625. The van der Waals surface area contributed by atoms with Gasteiger partial charge in [0.1, 0.15) is 6.29 Å². The molecule has 0 amide bonds. The third-order valence-corrected chi connectivity index (χ3v) is 1.26. The van der Waals surface area contributed by atoms with Crippen LogP contribution in [0.1, 0.15) is 26.7 Å². The highest BCUT2D eigenvalue weighted by atomic mass is 16.1. The lowest BCUT2D eigenvalue weighted by atomic mass is 10.1. The molecule has 0 aliphatic carbocycles. The Balaban J connectivity index is 3.35.